The fourth-order valence-electron chi connectivity index (χ4n) is 1.82. The Kier molecular flexibility index (Phi) is 2.47. The molecule has 0 fully saturated rings. The second kappa shape index (κ2) is 4.26. The van der Waals surface area contributed by atoms with Gasteiger partial charge in [0.2, 0.25) is 5.89 Å². The van der Waals surface area contributed by atoms with E-state index in [9.17, 15) is 0 Å². The molecule has 3 aromatic rings. The minimum atomic E-state index is 0.626. The smallest absolute Gasteiger partial charge is 0.226 e. The number of aromatic nitrogens is 1. The molecule has 1 radical (unpaired) electrons. The SMILES string of the molecule is [c]1cccc(-c2ncco2)c1-c1ccccc1. The first kappa shape index (κ1) is 9.85. The molecule has 1 heterocycles. The van der Waals surface area contributed by atoms with Gasteiger partial charge in [0.1, 0.15) is 6.26 Å². The first-order chi connectivity index (χ1) is 8.45. The van der Waals surface area contributed by atoms with E-state index in [1.807, 2.05) is 36.4 Å². The van der Waals surface area contributed by atoms with Crippen molar-refractivity contribution in [1.29, 1.82) is 0 Å². The summed E-state index contributed by atoms with van der Waals surface area (Å²) in [6.45, 7) is 0. The van der Waals surface area contributed by atoms with E-state index in [2.05, 4.69) is 23.2 Å². The first-order valence-electron chi connectivity index (χ1n) is 5.41. The van der Waals surface area contributed by atoms with Gasteiger partial charge in [0.05, 0.1) is 6.20 Å². The van der Waals surface area contributed by atoms with Crippen molar-refractivity contribution < 1.29 is 4.42 Å². The second-order valence-electron chi connectivity index (χ2n) is 3.66. The van der Waals surface area contributed by atoms with Crippen LogP contribution in [0, 0.1) is 6.07 Å². The Balaban J connectivity index is 2.18. The van der Waals surface area contributed by atoms with Gasteiger partial charge in [-0.1, -0.05) is 42.5 Å². The van der Waals surface area contributed by atoms with Crippen LogP contribution >= 0.6 is 0 Å². The summed E-state index contributed by atoms with van der Waals surface area (Å²) in [6.07, 6.45) is 3.23. The van der Waals surface area contributed by atoms with Crippen LogP contribution in [0.25, 0.3) is 22.6 Å². The number of hydrogen-bond donors (Lipinski definition) is 0. The summed E-state index contributed by atoms with van der Waals surface area (Å²) in [5.74, 6) is 0.626. The molecule has 1 aromatic heterocycles. The average molecular weight is 220 g/mol. The Bertz CT molecular complexity index is 600. The lowest BCUT2D eigenvalue weighted by atomic mass is 10.00. The fourth-order valence-corrected chi connectivity index (χ4v) is 1.82. The quantitative estimate of drug-likeness (QED) is 0.656. The maximum atomic E-state index is 5.35. The highest BCUT2D eigenvalue weighted by molar-refractivity contribution is 5.79. The third-order valence-corrected chi connectivity index (χ3v) is 2.58. The highest BCUT2D eigenvalue weighted by atomic mass is 16.3. The minimum Gasteiger partial charge on any atom is -0.445 e. The van der Waals surface area contributed by atoms with Gasteiger partial charge in [-0.2, -0.15) is 0 Å². The van der Waals surface area contributed by atoms with Crippen molar-refractivity contribution in [1.82, 2.24) is 4.98 Å². The van der Waals surface area contributed by atoms with Crippen molar-refractivity contribution in [2.75, 3.05) is 0 Å². The standard InChI is InChI=1S/C15H10NO/c1-2-6-12(7-3-1)13-8-4-5-9-14(13)15-16-10-11-17-15/h1-7,9-11H. The number of nitrogens with zero attached hydrogens (tertiary/aromatic N) is 1. The van der Waals surface area contributed by atoms with Crippen LogP contribution < -0.4 is 0 Å². The molecule has 0 aliphatic rings. The molecule has 0 aliphatic heterocycles. The molecule has 81 valence electrons. The van der Waals surface area contributed by atoms with Gasteiger partial charge in [-0.25, -0.2) is 4.98 Å². The number of rotatable bonds is 2. The van der Waals surface area contributed by atoms with Crippen LogP contribution in [-0.4, -0.2) is 4.98 Å². The Morgan fingerprint density at radius 1 is 1.00 bits per heavy atom. The zero-order chi connectivity index (χ0) is 11.5. The maximum Gasteiger partial charge on any atom is 0.226 e. The van der Waals surface area contributed by atoms with Gasteiger partial charge in [-0.15, -0.1) is 0 Å². The van der Waals surface area contributed by atoms with E-state index in [0.29, 0.717) is 5.89 Å². The third-order valence-electron chi connectivity index (χ3n) is 2.58. The number of oxazole rings is 1. The van der Waals surface area contributed by atoms with Gasteiger partial charge < -0.3 is 4.42 Å². The molecule has 0 spiro atoms. The summed E-state index contributed by atoms with van der Waals surface area (Å²) in [4.78, 5) is 4.19. The normalized spacial score (nSPS) is 10.4. The van der Waals surface area contributed by atoms with Crippen molar-refractivity contribution in [3.05, 3.63) is 67.1 Å². The van der Waals surface area contributed by atoms with Crippen LogP contribution in [0.2, 0.25) is 0 Å². The largest absolute Gasteiger partial charge is 0.445 e. The van der Waals surface area contributed by atoms with Crippen molar-refractivity contribution in [3.63, 3.8) is 0 Å². The van der Waals surface area contributed by atoms with Crippen LogP contribution in [-0.2, 0) is 0 Å². The molecule has 2 aromatic carbocycles. The highest BCUT2D eigenvalue weighted by Crippen LogP contribution is 2.30. The van der Waals surface area contributed by atoms with Crippen LogP contribution in [0.5, 0.6) is 0 Å². The molecule has 0 atom stereocenters. The van der Waals surface area contributed by atoms with Gasteiger partial charge in [0.25, 0.3) is 0 Å². The predicted octanol–water partition coefficient (Wildman–Crippen LogP) is 3.81. The Morgan fingerprint density at radius 2 is 1.88 bits per heavy atom. The van der Waals surface area contributed by atoms with Crippen LogP contribution in [0.1, 0.15) is 0 Å². The van der Waals surface area contributed by atoms with E-state index in [-0.39, 0.29) is 0 Å². The summed E-state index contributed by atoms with van der Waals surface area (Å²) >= 11 is 0. The van der Waals surface area contributed by atoms with Crippen LogP contribution in [0.15, 0.2) is 65.4 Å². The molecule has 0 bridgehead atoms. The van der Waals surface area contributed by atoms with Crippen molar-refractivity contribution in [2.24, 2.45) is 0 Å². The topological polar surface area (TPSA) is 26.0 Å². The fraction of sp³-hybridized carbons (Fsp3) is 0. The second-order valence-corrected chi connectivity index (χ2v) is 3.66. The predicted molar refractivity (Wildman–Crippen MR) is 66.2 cm³/mol. The molecular weight excluding hydrogens is 210 g/mol. The molecule has 0 N–H and O–H groups in total. The van der Waals surface area contributed by atoms with Gasteiger partial charge in [0, 0.05) is 11.1 Å². The van der Waals surface area contributed by atoms with Gasteiger partial charge in [-0.3, -0.25) is 0 Å². The molecule has 0 unspecified atom stereocenters. The molecular formula is C15H10NO. The van der Waals surface area contributed by atoms with E-state index in [0.717, 1.165) is 16.7 Å². The van der Waals surface area contributed by atoms with Crippen LogP contribution in [0.3, 0.4) is 0 Å². The van der Waals surface area contributed by atoms with E-state index < -0.39 is 0 Å². The summed E-state index contributed by atoms with van der Waals surface area (Å²) in [7, 11) is 0. The van der Waals surface area contributed by atoms with E-state index in [1.54, 1.807) is 12.5 Å². The van der Waals surface area contributed by atoms with E-state index >= 15 is 0 Å². The summed E-state index contributed by atoms with van der Waals surface area (Å²) < 4.78 is 5.35. The molecule has 2 nitrogen and oxygen atoms in total. The molecule has 0 aliphatic carbocycles. The molecule has 2 heteroatoms. The molecule has 0 saturated carbocycles. The molecule has 0 amide bonds. The monoisotopic (exact) mass is 220 g/mol. The van der Waals surface area contributed by atoms with E-state index in [4.69, 9.17) is 4.42 Å². The minimum absolute atomic E-state index is 0.626. The molecule has 17 heavy (non-hydrogen) atoms. The Labute approximate surface area is 99.6 Å². The Hall–Kier alpha value is -2.35. The van der Waals surface area contributed by atoms with Crippen molar-refractivity contribution in [2.45, 2.75) is 0 Å². The first-order valence-corrected chi connectivity index (χ1v) is 5.41. The van der Waals surface area contributed by atoms with Gasteiger partial charge in [-0.05, 0) is 17.7 Å². The Morgan fingerprint density at radius 3 is 2.65 bits per heavy atom. The number of benzene rings is 2. The lowest BCUT2D eigenvalue weighted by Crippen LogP contribution is -1.84. The zero-order valence-electron chi connectivity index (χ0n) is 9.13. The summed E-state index contributed by atoms with van der Waals surface area (Å²) in [5, 5.41) is 0. The number of hydrogen-bond acceptors (Lipinski definition) is 2. The lowest BCUT2D eigenvalue weighted by molar-refractivity contribution is 0.575. The third kappa shape index (κ3) is 1.85. The van der Waals surface area contributed by atoms with Crippen LogP contribution in [0.4, 0.5) is 0 Å². The molecule has 3 rings (SSSR count). The van der Waals surface area contributed by atoms with Crippen molar-refractivity contribution in [3.8, 4) is 22.6 Å². The highest BCUT2D eigenvalue weighted by Gasteiger charge is 2.09. The van der Waals surface area contributed by atoms with E-state index in [1.165, 1.54) is 0 Å². The zero-order valence-corrected chi connectivity index (χ0v) is 9.13. The lowest BCUT2D eigenvalue weighted by Gasteiger charge is -2.05. The van der Waals surface area contributed by atoms with Gasteiger partial charge >= 0.3 is 0 Å². The maximum absolute atomic E-state index is 5.35. The summed E-state index contributed by atoms with van der Waals surface area (Å²) in [5.41, 5.74) is 3.08. The molecule has 0 saturated heterocycles. The average Bonchev–Trinajstić information content (AvgIpc) is 2.94. The summed E-state index contributed by atoms with van der Waals surface area (Å²) in [6, 6.07) is 19.2. The van der Waals surface area contributed by atoms with Gasteiger partial charge in [0.15, 0.2) is 0 Å². The van der Waals surface area contributed by atoms with Crippen molar-refractivity contribution >= 4 is 0 Å².